The summed E-state index contributed by atoms with van der Waals surface area (Å²) < 4.78 is 15.7. The Morgan fingerprint density at radius 3 is 2.03 bits per heavy atom. The number of hydrogen-bond acceptors (Lipinski definition) is 7. The second-order valence-electron chi connectivity index (χ2n) is 7.94. The van der Waals surface area contributed by atoms with Crippen LogP contribution >= 0.6 is 11.3 Å². The van der Waals surface area contributed by atoms with Gasteiger partial charge in [-0.05, 0) is 49.2 Å². The number of rotatable bonds is 9. The van der Waals surface area contributed by atoms with Crippen LogP contribution in [0.5, 0.6) is 17.2 Å². The Morgan fingerprint density at radius 2 is 1.50 bits per heavy atom. The molecule has 1 aromatic heterocycles. The van der Waals surface area contributed by atoms with Gasteiger partial charge >= 0.3 is 0 Å². The highest BCUT2D eigenvalue weighted by molar-refractivity contribution is 7.16. The van der Waals surface area contributed by atoms with E-state index >= 15 is 0 Å². The van der Waals surface area contributed by atoms with Gasteiger partial charge in [-0.25, -0.2) is 4.98 Å². The number of benzene rings is 2. The van der Waals surface area contributed by atoms with Gasteiger partial charge in [-0.15, -0.1) is 11.3 Å². The van der Waals surface area contributed by atoms with Gasteiger partial charge in [0.1, 0.15) is 23.3 Å². The number of aromatic nitrogens is 1. The number of nitrogens with zero attached hydrogens (tertiary/aromatic N) is 1. The predicted octanol–water partition coefficient (Wildman–Crippen LogP) is 4.54. The Hall–Kier alpha value is -3.59. The maximum absolute atomic E-state index is 13.1. The number of amides is 2. The highest BCUT2D eigenvalue weighted by Crippen LogP contribution is 2.31. The lowest BCUT2D eigenvalue weighted by atomic mass is 10.0. The molecule has 2 amide bonds. The van der Waals surface area contributed by atoms with E-state index in [-0.39, 0.29) is 11.8 Å². The van der Waals surface area contributed by atoms with Crippen molar-refractivity contribution in [1.82, 2.24) is 10.3 Å². The van der Waals surface area contributed by atoms with Crippen LogP contribution in [-0.2, 0) is 4.79 Å². The van der Waals surface area contributed by atoms with Gasteiger partial charge in [0, 0.05) is 22.1 Å². The molecule has 9 heteroatoms. The maximum Gasteiger partial charge on any atom is 0.252 e. The van der Waals surface area contributed by atoms with Gasteiger partial charge in [0.15, 0.2) is 5.13 Å². The third kappa shape index (κ3) is 5.85. The molecule has 8 nitrogen and oxygen atoms in total. The molecular weight excluding hydrogens is 454 g/mol. The van der Waals surface area contributed by atoms with Gasteiger partial charge in [-0.1, -0.05) is 13.8 Å². The molecule has 0 aliphatic heterocycles. The van der Waals surface area contributed by atoms with Crippen molar-refractivity contribution < 1.29 is 23.8 Å². The van der Waals surface area contributed by atoms with Crippen molar-refractivity contribution in [3.05, 3.63) is 52.9 Å². The zero-order valence-electron chi connectivity index (χ0n) is 20.1. The molecule has 3 aromatic rings. The van der Waals surface area contributed by atoms with E-state index in [9.17, 15) is 9.59 Å². The summed E-state index contributed by atoms with van der Waals surface area (Å²) in [4.78, 5) is 31.6. The van der Waals surface area contributed by atoms with Crippen molar-refractivity contribution in [3.8, 4) is 28.5 Å². The molecule has 0 spiro atoms. The average molecular weight is 484 g/mol. The minimum atomic E-state index is -0.765. The van der Waals surface area contributed by atoms with Crippen LogP contribution in [-0.4, -0.2) is 44.2 Å². The summed E-state index contributed by atoms with van der Waals surface area (Å²) >= 11 is 1.38. The molecule has 1 heterocycles. The molecular formula is C25H29N3O5S. The molecule has 0 radical (unpaired) electrons. The first-order chi connectivity index (χ1) is 16.2. The number of aryl methyl sites for hydroxylation is 1. The number of nitrogens with one attached hydrogen (secondary N) is 2. The highest BCUT2D eigenvalue weighted by Gasteiger charge is 2.26. The smallest absolute Gasteiger partial charge is 0.252 e. The van der Waals surface area contributed by atoms with Crippen molar-refractivity contribution in [2.45, 2.75) is 26.8 Å². The van der Waals surface area contributed by atoms with Crippen LogP contribution in [0.3, 0.4) is 0 Å². The van der Waals surface area contributed by atoms with Gasteiger partial charge in [-0.3, -0.25) is 9.59 Å². The van der Waals surface area contributed by atoms with Crippen LogP contribution in [0.15, 0.2) is 42.5 Å². The standard InChI is InChI=1S/C25H29N3O5S/c1-14(2)21(26-23(29)17-11-19(32-5)13-20(12-17)33-6)24(30)28-25-27-22(15(3)34-25)16-7-9-18(31-4)10-8-16/h7-14,21H,1-6H3,(H,26,29)(H,27,28,30)/t21-/m0/s1. The van der Waals surface area contributed by atoms with E-state index in [2.05, 4.69) is 15.6 Å². The van der Waals surface area contributed by atoms with E-state index in [0.717, 1.165) is 21.9 Å². The number of anilines is 1. The molecule has 0 saturated carbocycles. The summed E-state index contributed by atoms with van der Waals surface area (Å²) in [6, 6.07) is 11.7. The number of carbonyl (C=O) groups excluding carboxylic acids is 2. The van der Waals surface area contributed by atoms with E-state index in [1.165, 1.54) is 25.6 Å². The number of carbonyl (C=O) groups is 2. The summed E-state index contributed by atoms with van der Waals surface area (Å²) in [6.45, 7) is 5.68. The fraction of sp³-hybridized carbons (Fsp3) is 0.320. The van der Waals surface area contributed by atoms with Crippen LogP contribution in [0.2, 0.25) is 0 Å². The summed E-state index contributed by atoms with van der Waals surface area (Å²) in [5.41, 5.74) is 2.05. The lowest BCUT2D eigenvalue weighted by Crippen LogP contribution is -2.47. The van der Waals surface area contributed by atoms with Gasteiger partial charge in [0.2, 0.25) is 5.91 Å². The predicted molar refractivity (Wildman–Crippen MR) is 133 cm³/mol. The van der Waals surface area contributed by atoms with Gasteiger partial charge < -0.3 is 24.8 Å². The quantitative estimate of drug-likeness (QED) is 0.464. The SMILES string of the molecule is COc1ccc(-c2nc(NC(=O)[C@@H](NC(=O)c3cc(OC)cc(OC)c3)C(C)C)sc2C)cc1. The molecule has 0 bridgehead atoms. The zero-order valence-corrected chi connectivity index (χ0v) is 20.9. The van der Waals surface area contributed by atoms with Crippen LogP contribution in [0.25, 0.3) is 11.3 Å². The third-order valence-electron chi connectivity index (χ3n) is 5.24. The van der Waals surface area contributed by atoms with Gasteiger partial charge in [0.25, 0.3) is 5.91 Å². The molecule has 0 saturated heterocycles. The molecule has 1 atom stereocenters. The summed E-state index contributed by atoms with van der Waals surface area (Å²) in [5.74, 6) is 0.833. The van der Waals surface area contributed by atoms with Crippen LogP contribution in [0.4, 0.5) is 5.13 Å². The number of hydrogen-bond donors (Lipinski definition) is 2. The van der Waals surface area contributed by atoms with Crippen molar-refractivity contribution in [1.29, 1.82) is 0 Å². The first kappa shape index (κ1) is 25.0. The van der Waals surface area contributed by atoms with Crippen LogP contribution in [0.1, 0.15) is 29.1 Å². The minimum Gasteiger partial charge on any atom is -0.497 e. The molecule has 2 aromatic carbocycles. The van der Waals surface area contributed by atoms with Crippen molar-refractivity contribution >= 4 is 28.3 Å². The summed E-state index contributed by atoms with van der Waals surface area (Å²) in [7, 11) is 4.64. The first-order valence-corrected chi connectivity index (χ1v) is 11.5. The van der Waals surface area contributed by atoms with E-state index in [1.807, 2.05) is 45.0 Å². The monoisotopic (exact) mass is 483 g/mol. The van der Waals surface area contributed by atoms with Crippen LogP contribution < -0.4 is 24.8 Å². The second-order valence-corrected chi connectivity index (χ2v) is 9.14. The molecule has 0 fully saturated rings. The van der Waals surface area contributed by atoms with E-state index in [0.29, 0.717) is 22.2 Å². The Kier molecular flexibility index (Phi) is 8.12. The van der Waals surface area contributed by atoms with Crippen molar-refractivity contribution in [2.75, 3.05) is 26.6 Å². The Balaban J connectivity index is 1.76. The zero-order chi connectivity index (χ0) is 24.8. The lowest BCUT2D eigenvalue weighted by molar-refractivity contribution is -0.118. The summed E-state index contributed by atoms with van der Waals surface area (Å²) in [5, 5.41) is 6.15. The van der Waals surface area contributed by atoms with Gasteiger partial charge in [-0.2, -0.15) is 0 Å². The Labute approximate surface area is 203 Å². The number of thiazole rings is 1. The first-order valence-electron chi connectivity index (χ1n) is 10.7. The molecule has 180 valence electrons. The van der Waals surface area contributed by atoms with Gasteiger partial charge in [0.05, 0.1) is 27.0 Å². The number of methoxy groups -OCH3 is 3. The van der Waals surface area contributed by atoms with E-state index in [4.69, 9.17) is 14.2 Å². The van der Waals surface area contributed by atoms with Crippen molar-refractivity contribution in [3.63, 3.8) is 0 Å². The fourth-order valence-electron chi connectivity index (χ4n) is 3.35. The Bertz CT molecular complexity index is 1140. The molecule has 0 unspecified atom stereocenters. The molecule has 34 heavy (non-hydrogen) atoms. The topological polar surface area (TPSA) is 98.8 Å². The average Bonchev–Trinajstić information content (AvgIpc) is 3.21. The lowest BCUT2D eigenvalue weighted by Gasteiger charge is -2.21. The van der Waals surface area contributed by atoms with Crippen molar-refractivity contribution in [2.24, 2.45) is 5.92 Å². The number of ether oxygens (including phenoxy) is 3. The fourth-order valence-corrected chi connectivity index (χ4v) is 4.19. The molecule has 2 N–H and O–H groups in total. The third-order valence-corrected chi connectivity index (χ3v) is 6.13. The highest BCUT2D eigenvalue weighted by atomic mass is 32.1. The largest absolute Gasteiger partial charge is 0.497 e. The van der Waals surface area contributed by atoms with Crippen LogP contribution in [0, 0.1) is 12.8 Å². The molecule has 0 aliphatic carbocycles. The molecule has 3 rings (SSSR count). The minimum absolute atomic E-state index is 0.154. The second kappa shape index (κ2) is 11.0. The molecule has 0 aliphatic rings. The Morgan fingerprint density at radius 1 is 0.912 bits per heavy atom. The summed E-state index contributed by atoms with van der Waals surface area (Å²) in [6.07, 6.45) is 0. The van der Waals surface area contributed by atoms with E-state index < -0.39 is 11.9 Å². The normalized spacial score (nSPS) is 11.6. The van der Waals surface area contributed by atoms with E-state index in [1.54, 1.807) is 25.3 Å². The maximum atomic E-state index is 13.1.